The summed E-state index contributed by atoms with van der Waals surface area (Å²) < 4.78 is 0. The fourth-order valence-electron chi connectivity index (χ4n) is 4.37. The van der Waals surface area contributed by atoms with Crippen LogP contribution in [0.5, 0.6) is 0 Å². The van der Waals surface area contributed by atoms with Crippen LogP contribution in [0.2, 0.25) is 0 Å². The third-order valence-corrected chi connectivity index (χ3v) is 5.37. The van der Waals surface area contributed by atoms with Gasteiger partial charge in [-0.3, -0.25) is 0 Å². The van der Waals surface area contributed by atoms with Crippen LogP contribution in [0, 0.1) is 5.92 Å². The van der Waals surface area contributed by atoms with Crippen molar-refractivity contribution in [3.8, 4) is 0 Å². The monoisotopic (exact) mass is 238 g/mol. The Balaban J connectivity index is 1.64. The van der Waals surface area contributed by atoms with E-state index in [1.807, 2.05) is 5.57 Å². The van der Waals surface area contributed by atoms with Gasteiger partial charge in [-0.1, -0.05) is 52.5 Å². The Bertz CT molecular complexity index is 496. The van der Waals surface area contributed by atoms with Crippen molar-refractivity contribution in [2.24, 2.45) is 5.92 Å². The molecule has 0 nitrogen and oxygen atoms in total. The minimum absolute atomic E-state index is 0.849. The molecule has 0 spiro atoms. The molecule has 0 aliphatic heterocycles. The Hall–Kier alpha value is -1.04. The van der Waals surface area contributed by atoms with Crippen molar-refractivity contribution >= 4 is 0 Å². The lowest BCUT2D eigenvalue weighted by Gasteiger charge is -2.37. The van der Waals surface area contributed by atoms with Gasteiger partial charge in [0.25, 0.3) is 0 Å². The summed E-state index contributed by atoms with van der Waals surface area (Å²) in [6.45, 7) is 0. The van der Waals surface area contributed by atoms with Gasteiger partial charge in [0.1, 0.15) is 0 Å². The van der Waals surface area contributed by atoms with Crippen LogP contribution in [0.3, 0.4) is 0 Å². The average Bonchev–Trinajstić information content (AvgIpc) is 2.45. The molecule has 1 fully saturated rings. The molecule has 4 rings (SSSR count). The van der Waals surface area contributed by atoms with Crippen LogP contribution in [-0.4, -0.2) is 0 Å². The van der Waals surface area contributed by atoms with Crippen molar-refractivity contribution in [3.05, 3.63) is 46.1 Å². The van der Waals surface area contributed by atoms with Crippen LogP contribution in [0.4, 0.5) is 0 Å². The second-order valence-electron chi connectivity index (χ2n) is 6.35. The minimum Gasteiger partial charge on any atom is -0.0841 e. The van der Waals surface area contributed by atoms with Gasteiger partial charge in [0, 0.05) is 5.92 Å². The zero-order chi connectivity index (χ0) is 11.9. The van der Waals surface area contributed by atoms with Crippen molar-refractivity contribution < 1.29 is 0 Å². The molecule has 0 bridgehead atoms. The standard InChI is InChI=1S/C18H22/c1-2-7-15-12-18-16(11-14(15)6-1)10-9-13-5-3-4-8-17(13)18/h1-2,9,17H,3-8,10-12H2. The maximum absolute atomic E-state index is 2.58. The molecular weight excluding hydrogens is 216 g/mol. The fourth-order valence-corrected chi connectivity index (χ4v) is 4.37. The van der Waals surface area contributed by atoms with E-state index < -0.39 is 0 Å². The Morgan fingerprint density at radius 1 is 0.833 bits per heavy atom. The summed E-state index contributed by atoms with van der Waals surface area (Å²) in [5.74, 6) is 0.849. The summed E-state index contributed by atoms with van der Waals surface area (Å²) >= 11 is 0. The first kappa shape index (κ1) is 10.8. The minimum atomic E-state index is 0.849. The molecule has 0 radical (unpaired) electrons. The largest absolute Gasteiger partial charge is 0.0841 e. The van der Waals surface area contributed by atoms with E-state index >= 15 is 0 Å². The van der Waals surface area contributed by atoms with E-state index in [4.69, 9.17) is 0 Å². The molecular formula is C18H22. The normalized spacial score (nSPS) is 30.7. The number of allylic oxidation sites excluding steroid dienone is 8. The molecule has 4 aliphatic rings. The molecule has 1 saturated carbocycles. The molecule has 0 aromatic rings. The van der Waals surface area contributed by atoms with Crippen LogP contribution in [0.1, 0.15) is 57.8 Å². The Labute approximate surface area is 110 Å². The molecule has 18 heavy (non-hydrogen) atoms. The second kappa shape index (κ2) is 4.26. The predicted octanol–water partition coefficient (Wildman–Crippen LogP) is 5.24. The van der Waals surface area contributed by atoms with Crippen molar-refractivity contribution in [2.75, 3.05) is 0 Å². The van der Waals surface area contributed by atoms with E-state index in [0.29, 0.717) is 0 Å². The first-order chi connectivity index (χ1) is 8.92. The lowest BCUT2D eigenvalue weighted by molar-refractivity contribution is 0.477. The van der Waals surface area contributed by atoms with Crippen LogP contribution in [0.25, 0.3) is 0 Å². The van der Waals surface area contributed by atoms with Crippen LogP contribution < -0.4 is 0 Å². The van der Waals surface area contributed by atoms with Gasteiger partial charge in [-0.05, 0) is 51.4 Å². The average molecular weight is 238 g/mol. The lowest BCUT2D eigenvalue weighted by atomic mass is 9.68. The highest BCUT2D eigenvalue weighted by atomic mass is 14.4. The highest BCUT2D eigenvalue weighted by Crippen LogP contribution is 2.48. The lowest BCUT2D eigenvalue weighted by Crippen LogP contribution is -2.21. The molecule has 0 heteroatoms. The van der Waals surface area contributed by atoms with Gasteiger partial charge in [-0.25, -0.2) is 0 Å². The highest BCUT2D eigenvalue weighted by molar-refractivity contribution is 5.45. The molecule has 0 N–H and O–H groups in total. The molecule has 0 heterocycles. The van der Waals surface area contributed by atoms with E-state index in [2.05, 4.69) is 18.2 Å². The van der Waals surface area contributed by atoms with E-state index in [1.165, 1.54) is 57.8 Å². The topological polar surface area (TPSA) is 0 Å². The summed E-state index contributed by atoms with van der Waals surface area (Å²) in [7, 11) is 0. The van der Waals surface area contributed by atoms with E-state index in [-0.39, 0.29) is 0 Å². The maximum Gasteiger partial charge on any atom is 0.00132 e. The Kier molecular flexibility index (Phi) is 2.57. The first-order valence-corrected chi connectivity index (χ1v) is 7.66. The van der Waals surface area contributed by atoms with Crippen molar-refractivity contribution in [1.29, 1.82) is 0 Å². The molecule has 4 aliphatic carbocycles. The van der Waals surface area contributed by atoms with E-state index in [0.717, 1.165) is 5.92 Å². The number of hydrogen-bond acceptors (Lipinski definition) is 0. The van der Waals surface area contributed by atoms with E-state index in [9.17, 15) is 0 Å². The summed E-state index contributed by atoms with van der Waals surface area (Å²) in [4.78, 5) is 0. The first-order valence-electron chi connectivity index (χ1n) is 7.66. The quantitative estimate of drug-likeness (QED) is 0.506. The third-order valence-electron chi connectivity index (χ3n) is 5.37. The third kappa shape index (κ3) is 1.66. The van der Waals surface area contributed by atoms with Crippen LogP contribution in [0.15, 0.2) is 46.1 Å². The molecule has 1 unspecified atom stereocenters. The summed E-state index contributed by atoms with van der Waals surface area (Å²) in [5, 5.41) is 0. The van der Waals surface area contributed by atoms with Crippen molar-refractivity contribution in [1.82, 2.24) is 0 Å². The fraction of sp³-hybridized carbons (Fsp3) is 0.556. The van der Waals surface area contributed by atoms with E-state index in [1.54, 1.807) is 22.3 Å². The second-order valence-corrected chi connectivity index (χ2v) is 6.35. The SMILES string of the molecule is C1=CCC2=C(C1)CC1=C(C2)C2CCCCC2=CC1. The number of rotatable bonds is 0. The highest BCUT2D eigenvalue weighted by Gasteiger charge is 2.31. The Morgan fingerprint density at radius 3 is 2.56 bits per heavy atom. The molecule has 1 atom stereocenters. The molecule has 0 aromatic heterocycles. The van der Waals surface area contributed by atoms with Crippen LogP contribution in [-0.2, 0) is 0 Å². The van der Waals surface area contributed by atoms with Crippen molar-refractivity contribution in [2.45, 2.75) is 57.8 Å². The summed E-state index contributed by atoms with van der Waals surface area (Å²) in [6.07, 6.45) is 19.4. The molecule has 94 valence electrons. The zero-order valence-corrected chi connectivity index (χ0v) is 11.2. The Morgan fingerprint density at radius 2 is 1.67 bits per heavy atom. The summed E-state index contributed by atoms with van der Waals surface area (Å²) in [5.41, 5.74) is 8.95. The van der Waals surface area contributed by atoms with Gasteiger partial charge in [-0.15, -0.1) is 0 Å². The van der Waals surface area contributed by atoms with Gasteiger partial charge in [-0.2, -0.15) is 0 Å². The van der Waals surface area contributed by atoms with Gasteiger partial charge in [0.15, 0.2) is 0 Å². The number of hydrogen-bond donors (Lipinski definition) is 0. The maximum atomic E-state index is 2.58. The van der Waals surface area contributed by atoms with Gasteiger partial charge in [0.05, 0.1) is 0 Å². The zero-order valence-electron chi connectivity index (χ0n) is 11.2. The molecule has 0 aromatic carbocycles. The van der Waals surface area contributed by atoms with Gasteiger partial charge < -0.3 is 0 Å². The molecule has 0 amide bonds. The molecule has 0 saturated heterocycles. The summed E-state index contributed by atoms with van der Waals surface area (Å²) in [6, 6.07) is 0. The smallest absolute Gasteiger partial charge is 0.00132 e. The predicted molar refractivity (Wildman–Crippen MR) is 76.3 cm³/mol. The van der Waals surface area contributed by atoms with Crippen LogP contribution >= 0.6 is 0 Å². The number of fused-ring (bicyclic) bond motifs is 2. The van der Waals surface area contributed by atoms with Crippen molar-refractivity contribution in [3.63, 3.8) is 0 Å². The van der Waals surface area contributed by atoms with Gasteiger partial charge in [0.2, 0.25) is 0 Å². The van der Waals surface area contributed by atoms with Gasteiger partial charge >= 0.3 is 0 Å².